The van der Waals surface area contributed by atoms with Gasteiger partial charge in [0.05, 0.1) is 12.2 Å². The molecular weight excluding hydrogens is 436 g/mol. The van der Waals surface area contributed by atoms with Crippen LogP contribution in [0.1, 0.15) is 36.5 Å². The minimum atomic E-state index is -0.257. The van der Waals surface area contributed by atoms with Crippen molar-refractivity contribution in [1.29, 1.82) is 0 Å². The fourth-order valence-corrected chi connectivity index (χ4v) is 3.83. The second-order valence-corrected chi connectivity index (χ2v) is 8.66. The number of rotatable bonds is 6. The van der Waals surface area contributed by atoms with Crippen LogP contribution in [-0.2, 0) is 16.1 Å². The first-order chi connectivity index (χ1) is 15.9. The molecule has 168 valence electrons. The summed E-state index contributed by atoms with van der Waals surface area (Å²) in [7, 11) is 0. The molecule has 4 rings (SSSR count). The molecule has 0 aliphatic carbocycles. The molecule has 0 bridgehead atoms. The number of hydrogen-bond donors (Lipinski definition) is 1. The van der Waals surface area contributed by atoms with Crippen molar-refractivity contribution >= 4 is 40.9 Å². The lowest BCUT2D eigenvalue weighted by molar-refractivity contribution is -0.121. The largest absolute Gasteiger partial charge is 0.482 e. The number of carbonyl (C=O) groups is 2. The van der Waals surface area contributed by atoms with E-state index in [0.717, 1.165) is 11.1 Å². The summed E-state index contributed by atoms with van der Waals surface area (Å²) < 4.78 is 5.58. The third-order valence-electron chi connectivity index (χ3n) is 5.43. The molecule has 1 N–H and O–H groups in total. The molecule has 0 saturated carbocycles. The van der Waals surface area contributed by atoms with Gasteiger partial charge in [-0.25, -0.2) is 0 Å². The average molecular weight is 461 g/mol. The molecule has 0 fully saturated rings. The van der Waals surface area contributed by atoms with E-state index in [-0.39, 0.29) is 18.4 Å². The van der Waals surface area contributed by atoms with Gasteiger partial charge in [-0.2, -0.15) is 0 Å². The van der Waals surface area contributed by atoms with Gasteiger partial charge in [0, 0.05) is 16.8 Å². The van der Waals surface area contributed by atoms with E-state index < -0.39 is 0 Å². The minimum absolute atomic E-state index is 0.0302. The van der Waals surface area contributed by atoms with Crippen LogP contribution in [0.15, 0.2) is 72.8 Å². The Kier molecular flexibility index (Phi) is 6.80. The molecule has 0 unspecified atom stereocenters. The first-order valence-electron chi connectivity index (χ1n) is 10.8. The molecule has 0 saturated heterocycles. The maximum Gasteiger partial charge on any atom is 0.265 e. The Hall–Kier alpha value is -3.57. The van der Waals surface area contributed by atoms with Gasteiger partial charge in [-0.1, -0.05) is 61.8 Å². The Morgan fingerprint density at radius 1 is 1.12 bits per heavy atom. The second-order valence-electron chi connectivity index (χ2n) is 8.22. The minimum Gasteiger partial charge on any atom is -0.482 e. The summed E-state index contributed by atoms with van der Waals surface area (Å²) in [5.41, 5.74) is 4.30. The van der Waals surface area contributed by atoms with Crippen LogP contribution in [0.25, 0.3) is 6.08 Å². The second kappa shape index (κ2) is 9.92. The van der Waals surface area contributed by atoms with Crippen LogP contribution in [0.3, 0.4) is 0 Å². The molecule has 0 spiro atoms. The molecule has 0 atom stereocenters. The number of hydrogen-bond acceptors (Lipinski definition) is 3. The van der Waals surface area contributed by atoms with E-state index in [2.05, 4.69) is 31.3 Å². The molecule has 1 aliphatic rings. The van der Waals surface area contributed by atoms with Gasteiger partial charge in [-0.15, -0.1) is 0 Å². The van der Waals surface area contributed by atoms with Crippen molar-refractivity contribution in [3.8, 4) is 5.75 Å². The van der Waals surface area contributed by atoms with Gasteiger partial charge in [-0.3, -0.25) is 9.59 Å². The van der Waals surface area contributed by atoms with Crippen molar-refractivity contribution in [2.45, 2.75) is 26.3 Å². The van der Waals surface area contributed by atoms with Gasteiger partial charge >= 0.3 is 0 Å². The summed E-state index contributed by atoms with van der Waals surface area (Å²) >= 11 is 6.09. The van der Waals surface area contributed by atoms with Gasteiger partial charge in [-0.05, 0) is 59.0 Å². The predicted octanol–water partition coefficient (Wildman–Crippen LogP) is 6.04. The van der Waals surface area contributed by atoms with E-state index in [4.69, 9.17) is 16.3 Å². The van der Waals surface area contributed by atoms with Crippen molar-refractivity contribution in [2.24, 2.45) is 0 Å². The van der Waals surface area contributed by atoms with Crippen molar-refractivity contribution in [3.63, 3.8) is 0 Å². The number of ether oxygens (including phenoxy) is 1. The van der Waals surface area contributed by atoms with Crippen LogP contribution in [0, 0.1) is 0 Å². The Balaban J connectivity index is 1.49. The molecule has 6 heteroatoms. The summed E-state index contributed by atoms with van der Waals surface area (Å²) in [6.45, 7) is 4.62. The summed E-state index contributed by atoms with van der Waals surface area (Å²) in [6, 6.07) is 20.8. The standard InChI is InChI=1S/C27H25ClN2O3/c1-18(2)21-9-6-19(7-10-21)8-13-26(31)29-23-11-12-25-24(15-23)30(27(32)17-33-25)16-20-4-3-5-22(28)14-20/h3-15,18H,16-17H2,1-2H3,(H,29,31)/b13-8+. The summed E-state index contributed by atoms with van der Waals surface area (Å²) in [5, 5.41) is 3.47. The van der Waals surface area contributed by atoms with Gasteiger partial charge in [0.1, 0.15) is 5.75 Å². The lowest BCUT2D eigenvalue weighted by Crippen LogP contribution is -2.38. The molecule has 2 amide bonds. The Bertz CT molecular complexity index is 1200. The third-order valence-corrected chi connectivity index (χ3v) is 5.66. The number of anilines is 2. The third kappa shape index (κ3) is 5.62. The number of carbonyl (C=O) groups excluding carboxylic acids is 2. The Labute approximate surface area is 198 Å². The van der Waals surface area contributed by atoms with Crippen molar-refractivity contribution in [3.05, 3.63) is 94.5 Å². The summed E-state index contributed by atoms with van der Waals surface area (Å²) in [6.07, 6.45) is 3.27. The number of halogens is 1. The number of amides is 2. The molecule has 0 radical (unpaired) electrons. The van der Waals surface area contributed by atoms with Gasteiger partial charge in [0.25, 0.3) is 5.91 Å². The molecule has 3 aromatic rings. The quantitative estimate of drug-likeness (QED) is 0.456. The molecule has 5 nitrogen and oxygen atoms in total. The highest BCUT2D eigenvalue weighted by atomic mass is 35.5. The maximum atomic E-state index is 12.6. The first kappa shape index (κ1) is 22.6. The van der Waals surface area contributed by atoms with Crippen LogP contribution >= 0.6 is 11.6 Å². The first-order valence-corrected chi connectivity index (χ1v) is 11.2. The van der Waals surface area contributed by atoms with E-state index in [0.29, 0.717) is 34.6 Å². The molecular formula is C27H25ClN2O3. The lowest BCUT2D eigenvalue weighted by atomic mass is 10.0. The maximum absolute atomic E-state index is 12.6. The summed E-state index contributed by atoms with van der Waals surface area (Å²) in [5.74, 6) is 0.642. The predicted molar refractivity (Wildman–Crippen MR) is 133 cm³/mol. The van der Waals surface area contributed by atoms with Gasteiger partial charge < -0.3 is 15.0 Å². The van der Waals surface area contributed by atoms with Crippen LogP contribution in [0.2, 0.25) is 5.02 Å². The monoisotopic (exact) mass is 460 g/mol. The average Bonchev–Trinajstić information content (AvgIpc) is 2.80. The zero-order chi connectivity index (χ0) is 23.4. The SMILES string of the molecule is CC(C)c1ccc(/C=C/C(=O)Nc2ccc3c(c2)N(Cc2cccc(Cl)c2)C(=O)CO3)cc1. The molecule has 33 heavy (non-hydrogen) atoms. The van der Waals surface area contributed by atoms with E-state index >= 15 is 0 Å². The van der Waals surface area contributed by atoms with E-state index in [9.17, 15) is 9.59 Å². The van der Waals surface area contributed by atoms with Crippen LogP contribution in [0.4, 0.5) is 11.4 Å². The van der Waals surface area contributed by atoms with Crippen molar-refractivity contribution < 1.29 is 14.3 Å². The number of benzene rings is 3. The highest BCUT2D eigenvalue weighted by Crippen LogP contribution is 2.35. The normalized spacial score (nSPS) is 13.2. The Morgan fingerprint density at radius 3 is 2.64 bits per heavy atom. The van der Waals surface area contributed by atoms with Crippen LogP contribution in [0.5, 0.6) is 5.75 Å². The van der Waals surface area contributed by atoms with Crippen LogP contribution in [-0.4, -0.2) is 18.4 Å². The van der Waals surface area contributed by atoms with Gasteiger partial charge in [0.15, 0.2) is 6.61 Å². The fourth-order valence-electron chi connectivity index (χ4n) is 3.62. The van der Waals surface area contributed by atoms with E-state index in [1.807, 2.05) is 30.3 Å². The highest BCUT2D eigenvalue weighted by molar-refractivity contribution is 6.30. The van der Waals surface area contributed by atoms with E-state index in [1.165, 1.54) is 11.6 Å². The Morgan fingerprint density at radius 2 is 1.91 bits per heavy atom. The fraction of sp³-hybridized carbons (Fsp3) is 0.185. The van der Waals surface area contributed by atoms with Crippen molar-refractivity contribution in [1.82, 2.24) is 0 Å². The van der Waals surface area contributed by atoms with Crippen LogP contribution < -0.4 is 15.0 Å². The highest BCUT2D eigenvalue weighted by Gasteiger charge is 2.26. The van der Waals surface area contributed by atoms with Gasteiger partial charge in [0.2, 0.25) is 5.91 Å². The number of nitrogens with zero attached hydrogens (tertiary/aromatic N) is 1. The summed E-state index contributed by atoms with van der Waals surface area (Å²) in [4.78, 5) is 26.7. The van der Waals surface area contributed by atoms with E-state index in [1.54, 1.807) is 35.2 Å². The molecule has 1 heterocycles. The molecule has 0 aromatic heterocycles. The smallest absolute Gasteiger partial charge is 0.265 e. The zero-order valence-electron chi connectivity index (χ0n) is 18.5. The topological polar surface area (TPSA) is 58.6 Å². The number of fused-ring (bicyclic) bond motifs is 1. The number of nitrogens with one attached hydrogen (secondary N) is 1. The molecule has 3 aromatic carbocycles. The lowest BCUT2D eigenvalue weighted by Gasteiger charge is -2.30. The molecule has 1 aliphatic heterocycles. The van der Waals surface area contributed by atoms with Crippen molar-refractivity contribution in [2.75, 3.05) is 16.8 Å². The zero-order valence-corrected chi connectivity index (χ0v) is 19.3.